The number of carbonyl (C=O) groups excluding carboxylic acids is 1. The second-order valence-corrected chi connectivity index (χ2v) is 12.3. The van der Waals surface area contributed by atoms with E-state index in [1.54, 1.807) is 11.8 Å². The fourth-order valence-corrected chi connectivity index (χ4v) is 8.13. The number of fused-ring (bicyclic) bond motifs is 2. The molecule has 1 aromatic heterocycles. The minimum Gasteiger partial charge on any atom is -0.459 e. The summed E-state index contributed by atoms with van der Waals surface area (Å²) in [6, 6.07) is 12.3. The first-order valence-corrected chi connectivity index (χ1v) is 14.7. The van der Waals surface area contributed by atoms with Crippen LogP contribution < -0.4 is 5.73 Å². The molecule has 5 atom stereocenters. The SMILES string of the molecule is CN(CCCCc1ccc(N)cc1)C1CC2CCC1C2OC(=O)C(O)(C1=CCCS1)c1cccs1. The van der Waals surface area contributed by atoms with Crippen LogP contribution in [0.25, 0.3) is 0 Å². The van der Waals surface area contributed by atoms with Crippen LogP contribution in [0.1, 0.15) is 49.0 Å². The van der Waals surface area contributed by atoms with Gasteiger partial charge in [0.1, 0.15) is 6.10 Å². The predicted molar refractivity (Wildman–Crippen MR) is 144 cm³/mol. The van der Waals surface area contributed by atoms with Crippen molar-refractivity contribution in [3.8, 4) is 0 Å². The Balaban J connectivity index is 1.18. The molecule has 7 heteroatoms. The number of ether oxygens (including phenoxy) is 1. The summed E-state index contributed by atoms with van der Waals surface area (Å²) in [7, 11) is 2.22. The smallest absolute Gasteiger partial charge is 0.349 e. The first kappa shape index (κ1) is 24.9. The first-order valence-electron chi connectivity index (χ1n) is 12.8. The maximum Gasteiger partial charge on any atom is 0.349 e. The molecule has 3 aliphatic rings. The number of carbonyl (C=O) groups is 1. The summed E-state index contributed by atoms with van der Waals surface area (Å²) in [5, 5.41) is 13.6. The number of thiophene rings is 1. The number of nitrogen functional groups attached to an aromatic ring is 1. The summed E-state index contributed by atoms with van der Waals surface area (Å²) >= 11 is 2.99. The molecule has 0 radical (unpaired) electrons. The summed E-state index contributed by atoms with van der Waals surface area (Å²) in [6.45, 7) is 1.05. The highest BCUT2D eigenvalue weighted by Gasteiger charge is 2.54. The molecule has 35 heavy (non-hydrogen) atoms. The zero-order valence-corrected chi connectivity index (χ0v) is 22.0. The van der Waals surface area contributed by atoms with Crippen molar-refractivity contribution in [2.24, 2.45) is 11.8 Å². The number of benzene rings is 1. The molecule has 1 aliphatic heterocycles. The van der Waals surface area contributed by atoms with Gasteiger partial charge in [0.05, 0.1) is 4.88 Å². The van der Waals surface area contributed by atoms with Gasteiger partial charge in [0, 0.05) is 28.3 Å². The molecule has 2 fully saturated rings. The molecule has 1 aromatic carbocycles. The lowest BCUT2D eigenvalue weighted by Gasteiger charge is -2.32. The average molecular weight is 513 g/mol. The molecule has 2 saturated carbocycles. The number of anilines is 1. The van der Waals surface area contributed by atoms with Gasteiger partial charge in [-0.05, 0) is 93.6 Å². The Labute approximate surface area is 216 Å². The van der Waals surface area contributed by atoms with Crippen LogP contribution in [0.2, 0.25) is 0 Å². The van der Waals surface area contributed by atoms with Crippen molar-refractivity contribution in [2.75, 3.05) is 25.1 Å². The summed E-state index contributed by atoms with van der Waals surface area (Å²) in [6.07, 6.45) is 9.42. The van der Waals surface area contributed by atoms with E-state index < -0.39 is 11.6 Å². The molecule has 2 aromatic rings. The van der Waals surface area contributed by atoms with Crippen LogP contribution in [0.5, 0.6) is 0 Å². The van der Waals surface area contributed by atoms with Gasteiger partial charge in [-0.2, -0.15) is 0 Å². The lowest BCUT2D eigenvalue weighted by Crippen LogP contribution is -2.42. The third-order valence-corrected chi connectivity index (χ3v) is 10.2. The standard InChI is InChI=1S/C28H36N2O3S2/c1-30(15-3-2-6-19-9-12-21(29)13-10-19)23-18-20-11-14-22(23)26(20)33-27(31)28(32,24-7-4-16-34-24)25-8-5-17-35-25/h4,7-10,12-13,16,20,22-23,26,32H,2-3,5-6,11,14-15,17-18,29H2,1H3. The van der Waals surface area contributed by atoms with Crippen molar-refractivity contribution in [1.29, 1.82) is 0 Å². The predicted octanol–water partition coefficient (Wildman–Crippen LogP) is 5.20. The van der Waals surface area contributed by atoms with Gasteiger partial charge in [-0.15, -0.1) is 23.1 Å². The highest BCUT2D eigenvalue weighted by atomic mass is 32.2. The van der Waals surface area contributed by atoms with Gasteiger partial charge < -0.3 is 20.5 Å². The molecule has 0 saturated heterocycles. The molecule has 0 amide bonds. The maximum atomic E-state index is 13.5. The van der Waals surface area contributed by atoms with E-state index in [-0.39, 0.29) is 6.10 Å². The van der Waals surface area contributed by atoms with Gasteiger partial charge in [-0.25, -0.2) is 4.79 Å². The number of nitrogens with zero attached hydrogens (tertiary/aromatic N) is 1. The molecule has 2 aliphatic carbocycles. The van der Waals surface area contributed by atoms with Gasteiger partial charge in [-0.1, -0.05) is 24.3 Å². The Morgan fingerprint density at radius 2 is 2.06 bits per heavy atom. The van der Waals surface area contributed by atoms with Crippen molar-refractivity contribution in [2.45, 2.75) is 62.7 Å². The van der Waals surface area contributed by atoms with E-state index in [4.69, 9.17) is 10.5 Å². The monoisotopic (exact) mass is 512 g/mol. The third-order valence-electron chi connectivity index (χ3n) is 8.05. The number of unbranched alkanes of at least 4 members (excludes halogenated alkanes) is 1. The Kier molecular flexibility index (Phi) is 7.58. The van der Waals surface area contributed by atoms with Crippen LogP contribution in [0.3, 0.4) is 0 Å². The van der Waals surface area contributed by atoms with E-state index in [1.165, 1.54) is 16.9 Å². The number of esters is 1. The van der Waals surface area contributed by atoms with Gasteiger partial charge in [0.15, 0.2) is 0 Å². The average Bonchev–Trinajstić information content (AvgIpc) is 3.68. The quantitative estimate of drug-likeness (QED) is 0.259. The summed E-state index contributed by atoms with van der Waals surface area (Å²) in [4.78, 5) is 17.4. The first-order chi connectivity index (χ1) is 17.0. The second-order valence-electron chi connectivity index (χ2n) is 10.2. The summed E-state index contributed by atoms with van der Waals surface area (Å²) in [5.74, 6) is 1.15. The van der Waals surface area contributed by atoms with Crippen molar-refractivity contribution >= 4 is 34.8 Å². The van der Waals surface area contributed by atoms with E-state index in [9.17, 15) is 9.90 Å². The fraction of sp³-hybridized carbons (Fsp3) is 0.536. The molecular formula is C28H36N2O3S2. The lowest BCUT2D eigenvalue weighted by atomic mass is 9.94. The van der Waals surface area contributed by atoms with Crippen LogP contribution in [0.15, 0.2) is 52.8 Å². The van der Waals surface area contributed by atoms with Crippen LogP contribution in [0, 0.1) is 11.8 Å². The molecule has 3 N–H and O–H groups in total. The lowest BCUT2D eigenvalue weighted by molar-refractivity contribution is -0.169. The van der Waals surface area contributed by atoms with E-state index in [2.05, 4.69) is 24.1 Å². The number of thioether (sulfide) groups is 1. The van der Waals surface area contributed by atoms with Gasteiger partial charge in [0.2, 0.25) is 5.60 Å². The zero-order chi connectivity index (χ0) is 24.4. The van der Waals surface area contributed by atoms with E-state index in [0.29, 0.717) is 22.8 Å². The largest absolute Gasteiger partial charge is 0.459 e. The molecule has 2 bridgehead atoms. The maximum absolute atomic E-state index is 13.5. The van der Waals surface area contributed by atoms with Crippen LogP contribution in [-0.2, 0) is 21.6 Å². The molecule has 0 spiro atoms. The minimum atomic E-state index is -1.67. The number of hydrogen-bond donors (Lipinski definition) is 2. The number of hydrogen-bond acceptors (Lipinski definition) is 7. The van der Waals surface area contributed by atoms with Crippen molar-refractivity contribution in [1.82, 2.24) is 4.90 Å². The number of allylic oxidation sites excluding steroid dienone is 1. The second kappa shape index (κ2) is 10.7. The van der Waals surface area contributed by atoms with Gasteiger partial charge in [0.25, 0.3) is 0 Å². The van der Waals surface area contributed by atoms with Gasteiger partial charge >= 0.3 is 5.97 Å². The number of rotatable bonds is 10. The highest BCUT2D eigenvalue weighted by molar-refractivity contribution is 8.03. The van der Waals surface area contributed by atoms with Crippen molar-refractivity contribution < 1.29 is 14.6 Å². The fourth-order valence-electron chi connectivity index (χ4n) is 6.15. The zero-order valence-electron chi connectivity index (χ0n) is 20.4. The molecule has 5 rings (SSSR count). The normalized spacial score (nSPS) is 27.2. The van der Waals surface area contributed by atoms with E-state index >= 15 is 0 Å². The van der Waals surface area contributed by atoms with E-state index in [1.807, 2.05) is 35.7 Å². The van der Waals surface area contributed by atoms with Crippen molar-refractivity contribution in [3.63, 3.8) is 0 Å². The third kappa shape index (κ3) is 5.06. The number of aliphatic hydroxyl groups is 1. The Morgan fingerprint density at radius 1 is 1.23 bits per heavy atom. The summed E-state index contributed by atoms with van der Waals surface area (Å²) in [5.41, 5.74) is 6.27. The molecular weight excluding hydrogens is 476 g/mol. The van der Waals surface area contributed by atoms with Gasteiger partial charge in [-0.3, -0.25) is 0 Å². The molecule has 5 unspecified atom stereocenters. The van der Waals surface area contributed by atoms with Crippen molar-refractivity contribution in [3.05, 3.63) is 63.2 Å². The van der Waals surface area contributed by atoms with Crippen LogP contribution in [-0.4, -0.2) is 47.5 Å². The number of aryl methyl sites for hydroxylation is 1. The van der Waals surface area contributed by atoms with Crippen LogP contribution in [0.4, 0.5) is 5.69 Å². The topological polar surface area (TPSA) is 75.8 Å². The Bertz CT molecular complexity index is 1040. The molecule has 188 valence electrons. The molecule has 5 nitrogen and oxygen atoms in total. The molecule has 2 heterocycles. The van der Waals surface area contributed by atoms with E-state index in [0.717, 1.165) is 67.8 Å². The number of nitrogens with two attached hydrogens (primary N) is 1. The summed E-state index contributed by atoms with van der Waals surface area (Å²) < 4.78 is 6.20. The minimum absolute atomic E-state index is 0.0942. The Morgan fingerprint density at radius 3 is 2.77 bits per heavy atom. The highest BCUT2D eigenvalue weighted by Crippen LogP contribution is 2.50. The Hall–Kier alpha value is -1.80. The van der Waals surface area contributed by atoms with Crippen LogP contribution >= 0.6 is 23.1 Å².